The number of nitrogens with two attached hydrogens (primary N) is 1. The normalized spacial score (nSPS) is 12.4. The van der Waals surface area contributed by atoms with Gasteiger partial charge >= 0.3 is 0 Å². The average molecular weight is 334 g/mol. The molecule has 23 heavy (non-hydrogen) atoms. The van der Waals surface area contributed by atoms with Gasteiger partial charge in [-0.1, -0.05) is 46.2 Å². The lowest BCUT2D eigenvalue weighted by Crippen LogP contribution is -2.27. The van der Waals surface area contributed by atoms with E-state index in [1.165, 1.54) is 0 Å². The monoisotopic (exact) mass is 333 g/mol. The highest BCUT2D eigenvalue weighted by atomic mass is 35.5. The molecule has 124 valence electrons. The van der Waals surface area contributed by atoms with Gasteiger partial charge in [0, 0.05) is 23.5 Å². The molecule has 0 saturated carbocycles. The molecule has 0 radical (unpaired) electrons. The predicted molar refractivity (Wildman–Crippen MR) is 96.2 cm³/mol. The Kier molecular flexibility index (Phi) is 4.58. The maximum atomic E-state index is 12.0. The van der Waals surface area contributed by atoms with Crippen LogP contribution in [-0.2, 0) is 17.3 Å². The molecule has 2 aromatic heterocycles. The molecule has 0 spiro atoms. The number of aromatic amines is 1. The van der Waals surface area contributed by atoms with Gasteiger partial charge < -0.3 is 10.7 Å². The van der Waals surface area contributed by atoms with E-state index in [4.69, 9.17) is 17.3 Å². The lowest BCUT2D eigenvalue weighted by atomic mass is 9.78. The van der Waals surface area contributed by atoms with E-state index >= 15 is 0 Å². The number of pyridine rings is 2. The summed E-state index contributed by atoms with van der Waals surface area (Å²) in [5.41, 5.74) is 8.27. The molecular weight excluding hydrogens is 310 g/mol. The van der Waals surface area contributed by atoms with Gasteiger partial charge in [0.15, 0.2) is 0 Å². The van der Waals surface area contributed by atoms with Gasteiger partial charge in [-0.05, 0) is 34.9 Å². The molecule has 0 atom stereocenters. The molecule has 0 unspecified atom stereocenters. The molecule has 0 amide bonds. The second kappa shape index (κ2) is 6.00. The number of rotatable bonds is 3. The van der Waals surface area contributed by atoms with Crippen molar-refractivity contribution >= 4 is 17.4 Å². The van der Waals surface area contributed by atoms with Gasteiger partial charge in [-0.2, -0.15) is 0 Å². The minimum absolute atomic E-state index is 0.0389. The van der Waals surface area contributed by atoms with Gasteiger partial charge in [0.1, 0.15) is 5.82 Å². The summed E-state index contributed by atoms with van der Waals surface area (Å²) in [7, 11) is 0. The van der Waals surface area contributed by atoms with Gasteiger partial charge in [0.2, 0.25) is 0 Å². The van der Waals surface area contributed by atoms with E-state index in [1.54, 1.807) is 12.4 Å². The van der Waals surface area contributed by atoms with E-state index < -0.39 is 0 Å². The molecule has 2 aromatic rings. The first kappa shape index (κ1) is 17.5. The van der Waals surface area contributed by atoms with Crippen LogP contribution in [0.25, 0.3) is 0 Å². The van der Waals surface area contributed by atoms with Crippen molar-refractivity contribution < 1.29 is 0 Å². The Morgan fingerprint density at radius 2 is 1.83 bits per heavy atom. The van der Waals surface area contributed by atoms with Crippen molar-refractivity contribution in [2.75, 3.05) is 5.73 Å². The third-order valence-electron chi connectivity index (χ3n) is 4.03. The number of hydrogen-bond donors (Lipinski definition) is 2. The molecule has 2 rings (SSSR count). The molecule has 0 aliphatic carbocycles. The van der Waals surface area contributed by atoms with Gasteiger partial charge in [0.25, 0.3) is 5.56 Å². The SMILES string of the molecule is CC(C)(C)c1cc(CC(C)(C)c2cc(Cl)cnc2N)c[nH]c1=O. The Balaban J connectivity index is 2.41. The van der Waals surface area contributed by atoms with Crippen molar-refractivity contribution in [2.24, 2.45) is 0 Å². The van der Waals surface area contributed by atoms with Crippen LogP contribution in [0.2, 0.25) is 5.02 Å². The summed E-state index contributed by atoms with van der Waals surface area (Å²) >= 11 is 6.07. The molecular formula is C18H24ClN3O. The van der Waals surface area contributed by atoms with Gasteiger partial charge in [-0.3, -0.25) is 4.79 Å². The number of nitrogen functional groups attached to an aromatic ring is 1. The van der Waals surface area contributed by atoms with Crippen LogP contribution in [0.5, 0.6) is 0 Å². The van der Waals surface area contributed by atoms with Crippen LogP contribution in [-0.4, -0.2) is 9.97 Å². The Morgan fingerprint density at radius 3 is 2.43 bits per heavy atom. The minimum atomic E-state index is -0.255. The second-order valence-corrected chi connectivity index (χ2v) is 8.08. The third kappa shape index (κ3) is 3.94. The first-order chi connectivity index (χ1) is 10.5. The molecule has 5 heteroatoms. The van der Waals surface area contributed by atoms with Crippen molar-refractivity contribution in [3.63, 3.8) is 0 Å². The Labute approximate surface area is 142 Å². The minimum Gasteiger partial charge on any atom is -0.383 e. The van der Waals surface area contributed by atoms with Crippen LogP contribution in [0.1, 0.15) is 51.3 Å². The fourth-order valence-electron chi connectivity index (χ4n) is 2.79. The third-order valence-corrected chi connectivity index (χ3v) is 4.24. The topological polar surface area (TPSA) is 71.8 Å². The van der Waals surface area contributed by atoms with Crippen LogP contribution < -0.4 is 11.3 Å². The molecule has 0 saturated heterocycles. The first-order valence-electron chi connectivity index (χ1n) is 7.64. The van der Waals surface area contributed by atoms with E-state index in [-0.39, 0.29) is 16.4 Å². The van der Waals surface area contributed by atoms with Gasteiger partial charge in [-0.15, -0.1) is 0 Å². The predicted octanol–water partition coefficient (Wildman–Crippen LogP) is 3.82. The van der Waals surface area contributed by atoms with E-state index in [2.05, 4.69) is 23.8 Å². The zero-order valence-corrected chi connectivity index (χ0v) is 15.1. The summed E-state index contributed by atoms with van der Waals surface area (Å²) < 4.78 is 0. The van der Waals surface area contributed by atoms with E-state index in [1.807, 2.05) is 32.9 Å². The largest absolute Gasteiger partial charge is 0.383 e. The number of hydrogen-bond acceptors (Lipinski definition) is 3. The summed E-state index contributed by atoms with van der Waals surface area (Å²) in [6.45, 7) is 10.3. The van der Waals surface area contributed by atoms with Crippen molar-refractivity contribution in [3.8, 4) is 0 Å². The van der Waals surface area contributed by atoms with Crippen molar-refractivity contribution in [1.29, 1.82) is 0 Å². The number of anilines is 1. The zero-order valence-electron chi connectivity index (χ0n) is 14.3. The molecule has 4 nitrogen and oxygen atoms in total. The van der Waals surface area contributed by atoms with Crippen LogP contribution in [0.15, 0.2) is 29.3 Å². The molecule has 0 bridgehead atoms. The zero-order chi connectivity index (χ0) is 17.4. The Hall–Kier alpha value is -1.81. The van der Waals surface area contributed by atoms with E-state index in [9.17, 15) is 4.79 Å². The quantitative estimate of drug-likeness (QED) is 0.896. The summed E-state index contributed by atoms with van der Waals surface area (Å²) in [5, 5.41) is 0.569. The standard InChI is InChI=1S/C18H24ClN3O/c1-17(2,3)14-6-11(9-22-16(14)23)8-18(4,5)13-7-12(19)10-21-15(13)20/h6-7,9-10H,8H2,1-5H3,(H2,20,21)(H,22,23). The fraction of sp³-hybridized carbons (Fsp3) is 0.444. The fourth-order valence-corrected chi connectivity index (χ4v) is 2.94. The molecule has 3 N–H and O–H groups in total. The van der Waals surface area contributed by atoms with Crippen LogP contribution >= 0.6 is 11.6 Å². The average Bonchev–Trinajstić information content (AvgIpc) is 2.42. The first-order valence-corrected chi connectivity index (χ1v) is 8.02. The van der Waals surface area contributed by atoms with Gasteiger partial charge in [0.05, 0.1) is 5.02 Å². The van der Waals surface area contributed by atoms with Crippen LogP contribution in [0, 0.1) is 0 Å². The lowest BCUT2D eigenvalue weighted by Gasteiger charge is -2.27. The molecule has 0 aromatic carbocycles. The van der Waals surface area contributed by atoms with E-state index in [0.717, 1.165) is 23.1 Å². The number of H-pyrrole nitrogens is 1. The number of aromatic nitrogens is 2. The smallest absolute Gasteiger partial charge is 0.251 e. The number of nitrogens with one attached hydrogen (secondary N) is 1. The Bertz CT molecular complexity index is 773. The van der Waals surface area contributed by atoms with Crippen LogP contribution in [0.4, 0.5) is 5.82 Å². The highest BCUT2D eigenvalue weighted by Gasteiger charge is 2.26. The summed E-state index contributed by atoms with van der Waals surface area (Å²) in [6, 6.07) is 3.84. The van der Waals surface area contributed by atoms with Crippen molar-refractivity contribution in [3.05, 3.63) is 56.6 Å². The van der Waals surface area contributed by atoms with Crippen molar-refractivity contribution in [2.45, 2.75) is 51.9 Å². The molecule has 0 fully saturated rings. The molecule has 0 aliphatic heterocycles. The van der Waals surface area contributed by atoms with E-state index in [0.29, 0.717) is 10.8 Å². The molecule has 0 aliphatic rings. The highest BCUT2D eigenvalue weighted by Crippen LogP contribution is 2.32. The molecule has 2 heterocycles. The summed E-state index contributed by atoms with van der Waals surface area (Å²) in [5.74, 6) is 0.486. The highest BCUT2D eigenvalue weighted by molar-refractivity contribution is 6.30. The van der Waals surface area contributed by atoms with Crippen molar-refractivity contribution in [1.82, 2.24) is 9.97 Å². The number of halogens is 1. The second-order valence-electron chi connectivity index (χ2n) is 7.65. The summed E-state index contributed by atoms with van der Waals surface area (Å²) in [6.07, 6.45) is 4.04. The lowest BCUT2D eigenvalue weighted by molar-refractivity contribution is 0.518. The maximum absolute atomic E-state index is 12.0. The maximum Gasteiger partial charge on any atom is 0.251 e. The number of nitrogens with zero attached hydrogens (tertiary/aromatic N) is 1. The van der Waals surface area contributed by atoms with Gasteiger partial charge in [-0.25, -0.2) is 4.98 Å². The Morgan fingerprint density at radius 1 is 1.17 bits per heavy atom. The van der Waals surface area contributed by atoms with Crippen LogP contribution in [0.3, 0.4) is 0 Å². The summed E-state index contributed by atoms with van der Waals surface area (Å²) in [4.78, 5) is 19.0.